The van der Waals surface area contributed by atoms with Crippen molar-refractivity contribution in [2.45, 2.75) is 50.7 Å². The summed E-state index contributed by atoms with van der Waals surface area (Å²) in [6.45, 7) is 5.92. The van der Waals surface area contributed by atoms with E-state index in [1.807, 2.05) is 20.8 Å². The molecule has 114 valence electrons. The minimum absolute atomic E-state index is 0.0924. The van der Waals surface area contributed by atoms with Crippen molar-refractivity contribution in [3.8, 4) is 0 Å². The molecule has 5 heteroatoms. The molecule has 0 saturated heterocycles. The van der Waals surface area contributed by atoms with Crippen molar-refractivity contribution in [1.29, 1.82) is 0 Å². The average molecular weight is 305 g/mol. The third-order valence-corrected chi connectivity index (χ3v) is 4.44. The van der Waals surface area contributed by atoms with Gasteiger partial charge in [-0.05, 0) is 36.5 Å². The molecule has 1 rings (SSSR count). The lowest BCUT2D eigenvalue weighted by Gasteiger charge is -2.16. The second-order valence-corrected chi connectivity index (χ2v) is 6.47. The molecule has 0 saturated carbocycles. The van der Waals surface area contributed by atoms with Gasteiger partial charge in [0.15, 0.2) is 0 Å². The Kier molecular flexibility index (Phi) is 6.40. The number of thioether (sulfide) groups is 1. The van der Waals surface area contributed by atoms with Gasteiger partial charge in [0.1, 0.15) is 0 Å². The zero-order valence-electron chi connectivity index (χ0n) is 12.1. The Morgan fingerprint density at radius 1 is 1.25 bits per heavy atom. The van der Waals surface area contributed by atoms with Crippen LogP contribution in [0.4, 0.5) is 13.2 Å². The molecule has 1 unspecified atom stereocenters. The van der Waals surface area contributed by atoms with Crippen molar-refractivity contribution < 1.29 is 13.2 Å². The normalized spacial score (nSPS) is 13.8. The van der Waals surface area contributed by atoms with Gasteiger partial charge < -0.3 is 5.73 Å². The Labute approximate surface area is 123 Å². The van der Waals surface area contributed by atoms with Crippen LogP contribution < -0.4 is 5.73 Å². The maximum absolute atomic E-state index is 13.1. The van der Waals surface area contributed by atoms with Crippen molar-refractivity contribution in [3.63, 3.8) is 0 Å². The van der Waals surface area contributed by atoms with Crippen LogP contribution in [0.25, 0.3) is 0 Å². The van der Waals surface area contributed by atoms with Crippen LogP contribution >= 0.6 is 11.8 Å². The Morgan fingerprint density at radius 2 is 1.90 bits per heavy atom. The van der Waals surface area contributed by atoms with Gasteiger partial charge in [0.05, 0.1) is 5.56 Å². The number of hydrogen-bond acceptors (Lipinski definition) is 2. The molecule has 0 radical (unpaired) electrons. The molecule has 1 nitrogen and oxygen atoms in total. The van der Waals surface area contributed by atoms with E-state index in [2.05, 4.69) is 0 Å². The predicted octanol–water partition coefficient (Wildman–Crippen LogP) is 4.73. The Hall–Kier alpha value is -0.680. The van der Waals surface area contributed by atoms with E-state index in [9.17, 15) is 13.2 Å². The summed E-state index contributed by atoms with van der Waals surface area (Å²) in [5, 5.41) is 0. The minimum atomic E-state index is -4.31. The number of alkyl halides is 3. The van der Waals surface area contributed by atoms with Gasteiger partial charge in [0, 0.05) is 16.7 Å². The highest BCUT2D eigenvalue weighted by Crippen LogP contribution is 2.38. The van der Waals surface area contributed by atoms with Gasteiger partial charge in [0.25, 0.3) is 0 Å². The molecular weight excluding hydrogens is 283 g/mol. The van der Waals surface area contributed by atoms with E-state index in [1.54, 1.807) is 12.1 Å². The number of hydrogen-bond donors (Lipinski definition) is 1. The SMILES string of the molecule is CCC(N)Cc1ccc(SCC(C)C)c(C(F)(F)F)c1. The number of benzene rings is 1. The molecule has 1 aromatic rings. The number of rotatable bonds is 6. The predicted molar refractivity (Wildman–Crippen MR) is 79.0 cm³/mol. The molecule has 0 spiro atoms. The Balaban J connectivity index is 3.01. The molecule has 20 heavy (non-hydrogen) atoms. The van der Waals surface area contributed by atoms with Gasteiger partial charge in [-0.2, -0.15) is 13.2 Å². The van der Waals surface area contributed by atoms with Crippen molar-refractivity contribution in [2.75, 3.05) is 5.75 Å². The first kappa shape index (κ1) is 17.4. The summed E-state index contributed by atoms with van der Waals surface area (Å²) in [6, 6.07) is 4.49. The Morgan fingerprint density at radius 3 is 2.40 bits per heavy atom. The highest BCUT2D eigenvalue weighted by atomic mass is 32.2. The number of nitrogens with two attached hydrogens (primary N) is 1. The van der Waals surface area contributed by atoms with E-state index in [0.717, 1.165) is 6.42 Å². The fourth-order valence-corrected chi connectivity index (χ4v) is 2.76. The van der Waals surface area contributed by atoms with E-state index in [4.69, 9.17) is 5.73 Å². The maximum atomic E-state index is 13.1. The molecule has 2 N–H and O–H groups in total. The smallest absolute Gasteiger partial charge is 0.327 e. The van der Waals surface area contributed by atoms with E-state index in [1.165, 1.54) is 17.8 Å². The standard InChI is InChI=1S/C15H22F3NS/c1-4-12(19)7-11-5-6-14(20-9-10(2)3)13(8-11)15(16,17)18/h5-6,8,10,12H,4,7,9,19H2,1-3H3. The topological polar surface area (TPSA) is 26.0 Å². The van der Waals surface area contributed by atoms with Crippen LogP contribution in [0.15, 0.2) is 23.1 Å². The van der Waals surface area contributed by atoms with Gasteiger partial charge >= 0.3 is 6.18 Å². The lowest BCUT2D eigenvalue weighted by atomic mass is 10.0. The molecule has 0 aromatic heterocycles. The molecule has 0 aliphatic carbocycles. The van der Waals surface area contributed by atoms with E-state index in [-0.39, 0.29) is 6.04 Å². The molecule has 1 aromatic carbocycles. The van der Waals surface area contributed by atoms with Crippen LogP contribution in [0.2, 0.25) is 0 Å². The molecule has 0 bridgehead atoms. The summed E-state index contributed by atoms with van der Waals surface area (Å²) in [5.41, 5.74) is 5.93. The molecule has 1 atom stereocenters. The van der Waals surface area contributed by atoms with Gasteiger partial charge in [-0.3, -0.25) is 0 Å². The zero-order valence-corrected chi connectivity index (χ0v) is 12.9. The molecule has 0 fully saturated rings. The number of halogens is 3. The fourth-order valence-electron chi connectivity index (χ4n) is 1.76. The average Bonchev–Trinajstić information content (AvgIpc) is 2.35. The molecule has 0 amide bonds. The summed E-state index contributed by atoms with van der Waals surface area (Å²) in [5.74, 6) is 1.03. The summed E-state index contributed by atoms with van der Waals surface area (Å²) in [4.78, 5) is 0.306. The summed E-state index contributed by atoms with van der Waals surface area (Å²) < 4.78 is 39.4. The molecule has 0 heterocycles. The van der Waals surface area contributed by atoms with Gasteiger partial charge in [-0.25, -0.2) is 0 Å². The monoisotopic (exact) mass is 305 g/mol. The third-order valence-electron chi connectivity index (χ3n) is 2.94. The van der Waals surface area contributed by atoms with Gasteiger partial charge in [-0.15, -0.1) is 11.8 Å². The summed E-state index contributed by atoms with van der Waals surface area (Å²) >= 11 is 1.26. The van der Waals surface area contributed by atoms with Gasteiger partial charge in [-0.1, -0.05) is 26.8 Å². The lowest BCUT2D eigenvalue weighted by molar-refractivity contribution is -0.139. The zero-order chi connectivity index (χ0) is 15.3. The maximum Gasteiger partial charge on any atom is 0.417 e. The van der Waals surface area contributed by atoms with Crippen molar-refractivity contribution in [2.24, 2.45) is 11.7 Å². The van der Waals surface area contributed by atoms with Crippen LogP contribution in [-0.4, -0.2) is 11.8 Å². The van der Waals surface area contributed by atoms with Crippen molar-refractivity contribution >= 4 is 11.8 Å². The lowest BCUT2D eigenvalue weighted by Crippen LogP contribution is -2.21. The summed E-state index contributed by atoms with van der Waals surface area (Å²) in [7, 11) is 0. The van der Waals surface area contributed by atoms with Gasteiger partial charge in [0.2, 0.25) is 0 Å². The van der Waals surface area contributed by atoms with Crippen LogP contribution in [-0.2, 0) is 12.6 Å². The first-order chi connectivity index (χ1) is 9.24. The van der Waals surface area contributed by atoms with E-state index in [0.29, 0.717) is 28.6 Å². The molecule has 0 aliphatic rings. The highest BCUT2D eigenvalue weighted by Gasteiger charge is 2.33. The minimum Gasteiger partial charge on any atom is -0.327 e. The van der Waals surface area contributed by atoms with E-state index >= 15 is 0 Å². The van der Waals surface area contributed by atoms with Crippen LogP contribution in [0.1, 0.15) is 38.3 Å². The second-order valence-electron chi connectivity index (χ2n) is 5.41. The third kappa shape index (κ3) is 5.37. The molecule has 0 aliphatic heterocycles. The first-order valence-corrected chi connectivity index (χ1v) is 7.81. The van der Waals surface area contributed by atoms with E-state index < -0.39 is 11.7 Å². The second kappa shape index (κ2) is 7.36. The largest absolute Gasteiger partial charge is 0.417 e. The van der Waals surface area contributed by atoms with Crippen molar-refractivity contribution in [3.05, 3.63) is 29.3 Å². The van der Waals surface area contributed by atoms with Crippen LogP contribution in [0, 0.1) is 5.92 Å². The first-order valence-electron chi connectivity index (χ1n) is 6.82. The quantitative estimate of drug-likeness (QED) is 0.769. The summed E-state index contributed by atoms with van der Waals surface area (Å²) in [6.07, 6.45) is -3.08. The van der Waals surface area contributed by atoms with Crippen LogP contribution in [0.5, 0.6) is 0 Å². The fraction of sp³-hybridized carbons (Fsp3) is 0.600. The molecular formula is C15H22F3NS. The highest BCUT2D eigenvalue weighted by molar-refractivity contribution is 7.99. The van der Waals surface area contributed by atoms with Crippen molar-refractivity contribution in [1.82, 2.24) is 0 Å². The Bertz CT molecular complexity index is 430. The van der Waals surface area contributed by atoms with Crippen LogP contribution in [0.3, 0.4) is 0 Å².